The standard InChI is InChI=1S/C42H40N10O4/c1-27(2)37(53)55-24-12-19-35-47-36(49-39(48-35)43-30-13-7-5-8-14-30)25-29-20-22-32(23-21-29)45-41-50-40(44-31-15-9-6-10-16-31)51-42(52-41)46-33-17-11-18-34(26-33)56-38(54)28(3)4/h5-11,13-18,20-23,26H,1,3,12,19,24-25H2,2,4H3,(H,43,47,48,49)(H3,44,45,46,50,51,52). The minimum absolute atomic E-state index is 0.228. The first kappa shape index (κ1) is 38.3. The van der Waals surface area contributed by atoms with Gasteiger partial charge in [-0.1, -0.05) is 67.8 Å². The highest BCUT2D eigenvalue weighted by atomic mass is 16.5. The molecule has 0 aliphatic rings. The van der Waals surface area contributed by atoms with Gasteiger partial charge in [0.25, 0.3) is 0 Å². The van der Waals surface area contributed by atoms with Crippen LogP contribution < -0.4 is 26.0 Å². The monoisotopic (exact) mass is 748 g/mol. The summed E-state index contributed by atoms with van der Waals surface area (Å²) in [7, 11) is 0. The van der Waals surface area contributed by atoms with E-state index in [1.54, 1.807) is 38.1 Å². The van der Waals surface area contributed by atoms with E-state index in [-0.39, 0.29) is 18.5 Å². The second kappa shape index (κ2) is 18.5. The van der Waals surface area contributed by atoms with Crippen molar-refractivity contribution in [1.29, 1.82) is 0 Å². The smallest absolute Gasteiger partial charge is 0.338 e. The van der Waals surface area contributed by atoms with Crippen molar-refractivity contribution in [3.8, 4) is 5.75 Å². The van der Waals surface area contributed by atoms with Gasteiger partial charge in [0.05, 0.1) is 6.61 Å². The van der Waals surface area contributed by atoms with Crippen LogP contribution in [-0.2, 0) is 27.2 Å². The van der Waals surface area contributed by atoms with Crippen molar-refractivity contribution in [3.63, 3.8) is 0 Å². The number of carbonyl (C=O) groups is 2. The molecule has 2 heterocycles. The van der Waals surface area contributed by atoms with E-state index in [1.807, 2.05) is 84.9 Å². The largest absolute Gasteiger partial charge is 0.462 e. The Hall–Kier alpha value is -7.48. The molecule has 0 saturated carbocycles. The number of anilines is 8. The van der Waals surface area contributed by atoms with Gasteiger partial charge in [-0.15, -0.1) is 0 Å². The summed E-state index contributed by atoms with van der Waals surface area (Å²) < 4.78 is 10.6. The number of rotatable bonds is 17. The second-order valence-corrected chi connectivity index (χ2v) is 12.6. The Morgan fingerprint density at radius 1 is 0.554 bits per heavy atom. The van der Waals surface area contributed by atoms with Crippen molar-refractivity contribution in [1.82, 2.24) is 29.9 Å². The zero-order valence-electron chi connectivity index (χ0n) is 31.0. The van der Waals surface area contributed by atoms with Crippen LogP contribution in [0, 0.1) is 0 Å². The van der Waals surface area contributed by atoms with Crippen molar-refractivity contribution >= 4 is 58.5 Å². The molecule has 0 bridgehead atoms. The van der Waals surface area contributed by atoms with Crippen LogP contribution in [0.2, 0.25) is 0 Å². The van der Waals surface area contributed by atoms with E-state index >= 15 is 0 Å². The number of ether oxygens (including phenoxy) is 2. The third-order valence-electron chi connectivity index (χ3n) is 7.77. The Morgan fingerprint density at radius 2 is 1.05 bits per heavy atom. The Kier molecular flexibility index (Phi) is 12.6. The minimum Gasteiger partial charge on any atom is -0.462 e. The summed E-state index contributed by atoms with van der Waals surface area (Å²) in [5, 5.41) is 12.9. The van der Waals surface area contributed by atoms with Crippen LogP contribution in [0.4, 0.5) is 46.5 Å². The number of para-hydroxylation sites is 2. The van der Waals surface area contributed by atoms with E-state index in [2.05, 4.69) is 54.4 Å². The molecule has 2 aromatic heterocycles. The molecule has 0 fully saturated rings. The summed E-state index contributed by atoms with van der Waals surface area (Å²) in [5.74, 6) is 1.82. The molecule has 0 unspecified atom stereocenters. The molecular formula is C42H40N10O4. The van der Waals surface area contributed by atoms with E-state index in [1.165, 1.54) is 0 Å². The molecule has 14 nitrogen and oxygen atoms in total. The van der Waals surface area contributed by atoms with Gasteiger partial charge in [-0.3, -0.25) is 0 Å². The van der Waals surface area contributed by atoms with Gasteiger partial charge in [0.1, 0.15) is 17.4 Å². The molecule has 0 aliphatic carbocycles. The average Bonchev–Trinajstić information content (AvgIpc) is 3.18. The first-order valence-electron chi connectivity index (χ1n) is 17.7. The van der Waals surface area contributed by atoms with E-state index in [4.69, 9.17) is 19.4 Å². The van der Waals surface area contributed by atoms with Crippen molar-refractivity contribution in [2.45, 2.75) is 33.1 Å². The summed E-state index contributed by atoms with van der Waals surface area (Å²) >= 11 is 0. The lowest BCUT2D eigenvalue weighted by molar-refractivity contribution is -0.139. The molecular weight excluding hydrogens is 709 g/mol. The van der Waals surface area contributed by atoms with Crippen molar-refractivity contribution in [3.05, 3.63) is 151 Å². The van der Waals surface area contributed by atoms with Crippen LogP contribution in [0.25, 0.3) is 0 Å². The molecule has 0 saturated heterocycles. The fourth-order valence-electron chi connectivity index (χ4n) is 5.06. The molecule has 4 aromatic carbocycles. The molecule has 0 amide bonds. The first-order chi connectivity index (χ1) is 27.1. The third kappa shape index (κ3) is 11.5. The number of aryl methyl sites for hydroxylation is 1. The fourth-order valence-corrected chi connectivity index (χ4v) is 5.06. The third-order valence-corrected chi connectivity index (χ3v) is 7.77. The Labute approximate surface area is 324 Å². The lowest BCUT2D eigenvalue weighted by Gasteiger charge is -2.13. The summed E-state index contributed by atoms with van der Waals surface area (Å²) in [6, 6.07) is 33.8. The summed E-state index contributed by atoms with van der Waals surface area (Å²) in [6.07, 6.45) is 1.47. The number of carbonyl (C=O) groups excluding carboxylic acids is 2. The first-order valence-corrected chi connectivity index (χ1v) is 17.7. The van der Waals surface area contributed by atoms with Gasteiger partial charge in [0, 0.05) is 52.8 Å². The van der Waals surface area contributed by atoms with E-state index in [9.17, 15) is 9.59 Å². The van der Waals surface area contributed by atoms with Gasteiger partial charge >= 0.3 is 11.9 Å². The second-order valence-electron chi connectivity index (χ2n) is 12.6. The van der Waals surface area contributed by atoms with E-state index in [0.717, 1.165) is 22.6 Å². The predicted molar refractivity (Wildman–Crippen MR) is 216 cm³/mol. The number of hydrogen-bond donors (Lipinski definition) is 4. The highest BCUT2D eigenvalue weighted by molar-refractivity contribution is 5.89. The Bertz CT molecular complexity index is 2320. The van der Waals surface area contributed by atoms with Gasteiger partial charge in [-0.2, -0.15) is 24.9 Å². The van der Waals surface area contributed by atoms with Crippen LogP contribution in [0.15, 0.2) is 133 Å². The van der Waals surface area contributed by atoms with Crippen LogP contribution in [0.3, 0.4) is 0 Å². The van der Waals surface area contributed by atoms with E-state index < -0.39 is 11.9 Å². The Morgan fingerprint density at radius 3 is 1.62 bits per heavy atom. The highest BCUT2D eigenvalue weighted by Gasteiger charge is 2.13. The molecule has 0 aliphatic heterocycles. The minimum atomic E-state index is -0.521. The van der Waals surface area contributed by atoms with Crippen LogP contribution in [0.5, 0.6) is 5.75 Å². The molecule has 14 heteroatoms. The molecule has 282 valence electrons. The quantitative estimate of drug-likeness (QED) is 0.0304. The van der Waals surface area contributed by atoms with Gasteiger partial charge < -0.3 is 30.7 Å². The molecule has 6 aromatic rings. The van der Waals surface area contributed by atoms with Crippen LogP contribution in [0.1, 0.15) is 37.5 Å². The Balaban J connectivity index is 1.18. The molecule has 56 heavy (non-hydrogen) atoms. The number of nitrogens with one attached hydrogen (secondary N) is 4. The molecule has 4 N–H and O–H groups in total. The van der Waals surface area contributed by atoms with Crippen molar-refractivity contribution in [2.24, 2.45) is 0 Å². The molecule has 0 radical (unpaired) electrons. The van der Waals surface area contributed by atoms with E-state index in [0.29, 0.717) is 65.4 Å². The maximum absolute atomic E-state index is 12.1. The molecule has 0 atom stereocenters. The maximum atomic E-state index is 12.1. The zero-order chi connectivity index (χ0) is 39.3. The maximum Gasteiger partial charge on any atom is 0.338 e. The zero-order valence-corrected chi connectivity index (χ0v) is 31.0. The van der Waals surface area contributed by atoms with Crippen molar-refractivity contribution < 1.29 is 19.1 Å². The summed E-state index contributed by atoms with van der Waals surface area (Å²) in [5.41, 5.74) is 4.58. The topological polar surface area (TPSA) is 178 Å². The van der Waals surface area contributed by atoms with Gasteiger partial charge in [-0.25, -0.2) is 14.6 Å². The summed E-state index contributed by atoms with van der Waals surface area (Å²) in [6.45, 7) is 10.7. The van der Waals surface area contributed by atoms with Crippen molar-refractivity contribution in [2.75, 3.05) is 27.9 Å². The molecule has 6 rings (SSSR count). The average molecular weight is 749 g/mol. The number of aromatic nitrogens is 6. The number of nitrogens with zero attached hydrogens (tertiary/aromatic N) is 6. The normalized spacial score (nSPS) is 10.5. The fraction of sp³-hybridized carbons (Fsp3) is 0.143. The summed E-state index contributed by atoms with van der Waals surface area (Å²) in [4.78, 5) is 51.7. The highest BCUT2D eigenvalue weighted by Crippen LogP contribution is 2.24. The van der Waals surface area contributed by atoms with Crippen LogP contribution in [-0.4, -0.2) is 48.4 Å². The predicted octanol–water partition coefficient (Wildman–Crippen LogP) is 8.16. The van der Waals surface area contributed by atoms with Gasteiger partial charge in [0.15, 0.2) is 0 Å². The van der Waals surface area contributed by atoms with Gasteiger partial charge in [-0.05, 0) is 74.4 Å². The number of benzene rings is 4. The molecule has 0 spiro atoms. The number of esters is 2. The number of hydrogen-bond acceptors (Lipinski definition) is 14. The van der Waals surface area contributed by atoms with Gasteiger partial charge in [0.2, 0.25) is 23.8 Å². The lowest BCUT2D eigenvalue weighted by Crippen LogP contribution is -2.11. The van der Waals surface area contributed by atoms with Crippen LogP contribution >= 0.6 is 0 Å². The lowest BCUT2D eigenvalue weighted by atomic mass is 10.1. The SMILES string of the molecule is C=C(C)C(=O)OCCCc1nc(Cc2ccc(Nc3nc(Nc4ccccc4)nc(Nc4cccc(OC(=O)C(=C)C)c4)n3)cc2)nc(Nc2ccccc2)n1.